The van der Waals surface area contributed by atoms with Crippen LogP contribution in [0.3, 0.4) is 0 Å². The molecular formula is C12H22ClN3O2. The van der Waals surface area contributed by atoms with Gasteiger partial charge in [0.1, 0.15) is 6.10 Å². The summed E-state index contributed by atoms with van der Waals surface area (Å²) in [6.07, 6.45) is 1.26. The minimum absolute atomic E-state index is 0.266. The predicted molar refractivity (Wildman–Crippen MR) is 71.8 cm³/mol. The topological polar surface area (TPSA) is 50.5 Å². The summed E-state index contributed by atoms with van der Waals surface area (Å²) in [5.41, 5.74) is 0.632. The molecule has 1 rings (SSSR count). The zero-order valence-electron chi connectivity index (χ0n) is 11.4. The van der Waals surface area contributed by atoms with E-state index in [0.717, 1.165) is 6.54 Å². The molecule has 0 aromatic carbocycles. The van der Waals surface area contributed by atoms with Crippen LogP contribution in [0.5, 0.6) is 0 Å². The van der Waals surface area contributed by atoms with Gasteiger partial charge in [-0.25, -0.2) is 0 Å². The lowest BCUT2D eigenvalue weighted by Crippen LogP contribution is -2.26. The number of ether oxygens (including phenoxy) is 1. The first kappa shape index (κ1) is 15.4. The van der Waals surface area contributed by atoms with Gasteiger partial charge in [0.05, 0.1) is 29.6 Å². The minimum Gasteiger partial charge on any atom is -0.384 e. The fourth-order valence-corrected chi connectivity index (χ4v) is 2.09. The normalized spacial score (nSPS) is 15.1. The van der Waals surface area contributed by atoms with Gasteiger partial charge in [0.15, 0.2) is 0 Å². The van der Waals surface area contributed by atoms with Crippen molar-refractivity contribution in [3.8, 4) is 0 Å². The highest BCUT2D eigenvalue weighted by molar-refractivity contribution is 6.31. The minimum atomic E-state index is -0.753. The van der Waals surface area contributed by atoms with E-state index in [-0.39, 0.29) is 6.10 Å². The predicted octanol–water partition coefficient (Wildman–Crippen LogP) is 1.56. The monoisotopic (exact) mass is 275 g/mol. The molecule has 0 spiro atoms. The molecule has 0 saturated carbocycles. The number of nitrogens with zero attached hydrogens (tertiary/aromatic N) is 3. The largest absolute Gasteiger partial charge is 0.384 e. The molecule has 0 radical (unpaired) electrons. The van der Waals surface area contributed by atoms with Crippen LogP contribution in [-0.2, 0) is 11.3 Å². The lowest BCUT2D eigenvalue weighted by molar-refractivity contribution is -0.0191. The average molecular weight is 276 g/mol. The summed E-state index contributed by atoms with van der Waals surface area (Å²) < 4.78 is 7.01. The molecule has 0 saturated heterocycles. The second-order valence-electron chi connectivity index (χ2n) is 4.53. The summed E-state index contributed by atoms with van der Waals surface area (Å²) in [7, 11) is 5.57. The van der Waals surface area contributed by atoms with E-state index in [2.05, 4.69) is 10.00 Å². The molecule has 1 aromatic rings. The number of likely N-dealkylation sites (N-methyl/N-ethyl adjacent to an activating group) is 1. The second-order valence-corrected chi connectivity index (χ2v) is 4.94. The maximum Gasteiger partial charge on any atom is 0.123 e. The highest BCUT2D eigenvalue weighted by Gasteiger charge is 2.25. The number of hydrogen-bond donors (Lipinski definition) is 1. The first-order chi connectivity index (χ1) is 8.51. The Labute approximate surface area is 113 Å². The molecule has 0 aliphatic carbocycles. The lowest BCUT2D eigenvalue weighted by atomic mass is 10.1. The summed E-state index contributed by atoms with van der Waals surface area (Å²) in [5, 5.41) is 15.0. The number of methoxy groups -OCH3 is 1. The van der Waals surface area contributed by atoms with E-state index in [9.17, 15) is 5.11 Å². The quantitative estimate of drug-likeness (QED) is 0.820. The van der Waals surface area contributed by atoms with Crippen molar-refractivity contribution >= 4 is 11.6 Å². The van der Waals surface area contributed by atoms with Crippen LogP contribution in [0.25, 0.3) is 0 Å². The first-order valence-corrected chi connectivity index (χ1v) is 6.45. The molecule has 0 bridgehead atoms. The third-order valence-corrected chi connectivity index (χ3v) is 3.22. The zero-order chi connectivity index (χ0) is 13.7. The third kappa shape index (κ3) is 3.68. The molecular weight excluding hydrogens is 254 g/mol. The van der Waals surface area contributed by atoms with E-state index in [1.807, 2.05) is 21.0 Å². The molecule has 18 heavy (non-hydrogen) atoms. The Morgan fingerprint density at radius 3 is 2.72 bits per heavy atom. The molecule has 6 heteroatoms. The van der Waals surface area contributed by atoms with E-state index >= 15 is 0 Å². The van der Waals surface area contributed by atoms with Gasteiger partial charge in [0.2, 0.25) is 0 Å². The van der Waals surface area contributed by atoms with Gasteiger partial charge in [-0.1, -0.05) is 18.5 Å². The molecule has 0 amide bonds. The van der Waals surface area contributed by atoms with E-state index in [0.29, 0.717) is 23.7 Å². The summed E-state index contributed by atoms with van der Waals surface area (Å²) >= 11 is 6.10. The Balaban J connectivity index is 2.89. The van der Waals surface area contributed by atoms with Gasteiger partial charge >= 0.3 is 0 Å². The Bertz CT molecular complexity index is 364. The van der Waals surface area contributed by atoms with E-state index in [1.165, 1.54) is 0 Å². The van der Waals surface area contributed by atoms with Crippen molar-refractivity contribution in [2.24, 2.45) is 0 Å². The molecule has 1 heterocycles. The molecule has 0 aliphatic rings. The SMILES string of the molecule is CCC(OC)C(O)c1c(Cl)cnn1CCN(C)C. The Morgan fingerprint density at radius 1 is 1.56 bits per heavy atom. The number of aliphatic hydroxyl groups is 1. The summed E-state index contributed by atoms with van der Waals surface area (Å²) in [6.45, 7) is 3.49. The highest BCUT2D eigenvalue weighted by atomic mass is 35.5. The summed E-state index contributed by atoms with van der Waals surface area (Å²) in [6, 6.07) is 0. The summed E-state index contributed by atoms with van der Waals surface area (Å²) in [4.78, 5) is 2.05. The fraction of sp³-hybridized carbons (Fsp3) is 0.750. The van der Waals surface area contributed by atoms with Gasteiger partial charge in [0, 0.05) is 13.7 Å². The van der Waals surface area contributed by atoms with Crippen LogP contribution in [0.2, 0.25) is 5.02 Å². The number of halogens is 1. The number of hydrogen-bond acceptors (Lipinski definition) is 4. The van der Waals surface area contributed by atoms with Crippen molar-refractivity contribution in [1.82, 2.24) is 14.7 Å². The molecule has 0 fully saturated rings. The number of aromatic nitrogens is 2. The molecule has 2 atom stereocenters. The Kier molecular flexibility index (Phi) is 6.08. The van der Waals surface area contributed by atoms with Gasteiger partial charge in [-0.3, -0.25) is 4.68 Å². The Morgan fingerprint density at radius 2 is 2.22 bits per heavy atom. The fourth-order valence-electron chi connectivity index (χ4n) is 1.83. The van der Waals surface area contributed by atoms with Crippen molar-refractivity contribution in [2.45, 2.75) is 32.1 Å². The lowest BCUT2D eigenvalue weighted by Gasteiger charge is -2.22. The van der Waals surface area contributed by atoms with Crippen LogP contribution in [0.4, 0.5) is 0 Å². The van der Waals surface area contributed by atoms with Crippen molar-refractivity contribution in [2.75, 3.05) is 27.7 Å². The molecule has 2 unspecified atom stereocenters. The van der Waals surface area contributed by atoms with Crippen molar-refractivity contribution in [3.05, 3.63) is 16.9 Å². The smallest absolute Gasteiger partial charge is 0.123 e. The van der Waals surface area contributed by atoms with Gasteiger partial charge in [0.25, 0.3) is 0 Å². The second kappa shape index (κ2) is 7.09. The molecule has 5 nitrogen and oxygen atoms in total. The van der Waals surface area contributed by atoms with Gasteiger partial charge in [-0.2, -0.15) is 5.10 Å². The Hall–Kier alpha value is -0.620. The summed E-state index contributed by atoms with van der Waals surface area (Å²) in [5.74, 6) is 0. The van der Waals surface area contributed by atoms with E-state index in [4.69, 9.17) is 16.3 Å². The van der Waals surface area contributed by atoms with E-state index < -0.39 is 6.10 Å². The molecule has 1 N–H and O–H groups in total. The number of aliphatic hydroxyl groups excluding tert-OH is 1. The van der Waals surface area contributed by atoms with Crippen molar-refractivity contribution < 1.29 is 9.84 Å². The van der Waals surface area contributed by atoms with Crippen LogP contribution in [0.1, 0.15) is 25.1 Å². The highest BCUT2D eigenvalue weighted by Crippen LogP contribution is 2.27. The van der Waals surface area contributed by atoms with Crippen molar-refractivity contribution in [1.29, 1.82) is 0 Å². The van der Waals surface area contributed by atoms with Crippen molar-refractivity contribution in [3.63, 3.8) is 0 Å². The molecule has 1 aromatic heterocycles. The standard InChI is InChI=1S/C12H22ClN3O2/c1-5-10(18-4)12(17)11-9(13)8-14-16(11)7-6-15(2)3/h8,10,12,17H,5-7H2,1-4H3. The van der Waals surface area contributed by atoms with Crippen LogP contribution < -0.4 is 0 Å². The maximum atomic E-state index is 10.3. The van der Waals surface area contributed by atoms with Crippen LogP contribution in [0.15, 0.2) is 6.20 Å². The van der Waals surface area contributed by atoms with Gasteiger partial charge in [-0.05, 0) is 20.5 Å². The van der Waals surface area contributed by atoms with E-state index in [1.54, 1.807) is 18.0 Å². The first-order valence-electron chi connectivity index (χ1n) is 6.08. The molecule has 104 valence electrons. The number of rotatable bonds is 7. The third-order valence-electron chi connectivity index (χ3n) is 2.93. The maximum absolute atomic E-state index is 10.3. The van der Waals surface area contributed by atoms with Gasteiger partial charge in [-0.15, -0.1) is 0 Å². The molecule has 0 aliphatic heterocycles. The van der Waals surface area contributed by atoms with Crippen LogP contribution in [0, 0.1) is 0 Å². The van der Waals surface area contributed by atoms with Crippen LogP contribution >= 0.6 is 11.6 Å². The van der Waals surface area contributed by atoms with Crippen LogP contribution in [-0.4, -0.2) is 53.6 Å². The van der Waals surface area contributed by atoms with Gasteiger partial charge < -0.3 is 14.7 Å². The zero-order valence-corrected chi connectivity index (χ0v) is 12.2. The average Bonchev–Trinajstić information content (AvgIpc) is 2.69.